The highest BCUT2D eigenvalue weighted by atomic mass is 15.1. The van der Waals surface area contributed by atoms with Crippen molar-refractivity contribution in [1.29, 1.82) is 5.26 Å². The molecule has 0 saturated heterocycles. The van der Waals surface area contributed by atoms with Crippen LogP contribution in [0.25, 0.3) is 11.0 Å². The maximum atomic E-state index is 9.42. The maximum absolute atomic E-state index is 9.42. The minimum absolute atomic E-state index is 0.336. The Hall–Kier alpha value is -1.86. The fourth-order valence-electron chi connectivity index (χ4n) is 2.69. The average Bonchev–Trinajstić information content (AvgIpc) is 3.24. The summed E-state index contributed by atoms with van der Waals surface area (Å²) in [7, 11) is 0. The van der Waals surface area contributed by atoms with Crippen LogP contribution in [0.1, 0.15) is 25.6 Å². The van der Waals surface area contributed by atoms with Gasteiger partial charge in [0.2, 0.25) is 0 Å². The highest BCUT2D eigenvalue weighted by molar-refractivity contribution is 5.76. The molecule has 0 bridgehead atoms. The van der Waals surface area contributed by atoms with Crippen LogP contribution in [0.5, 0.6) is 0 Å². The molecule has 1 aliphatic rings. The van der Waals surface area contributed by atoms with Crippen LogP contribution in [-0.2, 0) is 13.0 Å². The van der Waals surface area contributed by atoms with Crippen LogP contribution in [0, 0.1) is 17.2 Å². The summed E-state index contributed by atoms with van der Waals surface area (Å²) in [5.74, 6) is 1.34. The summed E-state index contributed by atoms with van der Waals surface area (Å²) in [5.41, 5.74) is 7.60. The van der Waals surface area contributed by atoms with Gasteiger partial charge in [-0.1, -0.05) is 19.1 Å². The van der Waals surface area contributed by atoms with Crippen molar-refractivity contribution in [3.63, 3.8) is 0 Å². The molecule has 0 amide bonds. The molecule has 1 aliphatic carbocycles. The Morgan fingerprint density at radius 3 is 2.84 bits per heavy atom. The van der Waals surface area contributed by atoms with Crippen molar-refractivity contribution < 1.29 is 0 Å². The number of fused-ring (bicyclic) bond motifs is 1. The highest BCUT2D eigenvalue weighted by Crippen LogP contribution is 2.39. The van der Waals surface area contributed by atoms with Gasteiger partial charge >= 0.3 is 0 Å². The molecular formula is C15H18N4. The molecule has 98 valence electrons. The third-order valence-electron chi connectivity index (χ3n) is 3.98. The lowest BCUT2D eigenvalue weighted by Crippen LogP contribution is -2.45. The lowest BCUT2D eigenvalue weighted by atomic mass is 9.96. The molecule has 1 aromatic carbocycles. The van der Waals surface area contributed by atoms with E-state index >= 15 is 0 Å². The van der Waals surface area contributed by atoms with Crippen molar-refractivity contribution in [2.24, 2.45) is 11.7 Å². The summed E-state index contributed by atoms with van der Waals surface area (Å²) < 4.78 is 2.12. The number of aromatic nitrogens is 2. The Morgan fingerprint density at radius 1 is 1.47 bits per heavy atom. The standard InChI is InChI=1S/C15H18N4/c1-2-14-18-12-5-3-4-6-13(12)19(14)10-15(17,9-16)11-7-8-11/h3-6,11H,2,7-8,10,17H2,1H3. The zero-order valence-electron chi connectivity index (χ0n) is 11.1. The molecule has 0 aliphatic heterocycles. The number of nitriles is 1. The van der Waals surface area contributed by atoms with Crippen LogP contribution in [0.15, 0.2) is 24.3 Å². The van der Waals surface area contributed by atoms with Crippen molar-refractivity contribution in [3.8, 4) is 6.07 Å². The Balaban J connectivity index is 2.06. The van der Waals surface area contributed by atoms with Crippen LogP contribution in [0.3, 0.4) is 0 Å². The van der Waals surface area contributed by atoms with Gasteiger partial charge in [0.1, 0.15) is 11.4 Å². The SMILES string of the molecule is CCc1nc2ccccc2n1CC(N)(C#N)C1CC1. The third kappa shape index (κ3) is 2.00. The largest absolute Gasteiger partial charge is 0.325 e. The van der Waals surface area contributed by atoms with Gasteiger partial charge in [-0.2, -0.15) is 5.26 Å². The lowest BCUT2D eigenvalue weighted by molar-refractivity contribution is 0.404. The third-order valence-corrected chi connectivity index (χ3v) is 3.98. The lowest BCUT2D eigenvalue weighted by Gasteiger charge is -2.23. The number of benzene rings is 1. The number of rotatable bonds is 4. The molecule has 0 radical (unpaired) electrons. The monoisotopic (exact) mass is 254 g/mol. The van der Waals surface area contributed by atoms with Gasteiger partial charge < -0.3 is 10.3 Å². The molecule has 0 spiro atoms. The molecule has 1 atom stereocenters. The van der Waals surface area contributed by atoms with Gasteiger partial charge in [-0.3, -0.25) is 0 Å². The van der Waals surface area contributed by atoms with Crippen LogP contribution >= 0.6 is 0 Å². The van der Waals surface area contributed by atoms with Gasteiger partial charge in [-0.25, -0.2) is 4.98 Å². The second kappa shape index (κ2) is 4.36. The van der Waals surface area contributed by atoms with E-state index < -0.39 is 5.54 Å². The summed E-state index contributed by atoms with van der Waals surface area (Å²) in [6.07, 6.45) is 2.98. The fourth-order valence-corrected chi connectivity index (χ4v) is 2.69. The van der Waals surface area contributed by atoms with E-state index in [1.807, 2.05) is 24.3 Å². The van der Waals surface area contributed by atoms with Gasteiger partial charge in [0, 0.05) is 6.42 Å². The molecule has 1 heterocycles. The van der Waals surface area contributed by atoms with Gasteiger partial charge in [0.25, 0.3) is 0 Å². The zero-order valence-corrected chi connectivity index (χ0v) is 11.1. The first-order valence-electron chi connectivity index (χ1n) is 6.82. The summed E-state index contributed by atoms with van der Waals surface area (Å²) in [6.45, 7) is 2.62. The van der Waals surface area contributed by atoms with E-state index in [9.17, 15) is 5.26 Å². The van der Waals surface area contributed by atoms with Crippen LogP contribution in [-0.4, -0.2) is 15.1 Å². The maximum Gasteiger partial charge on any atom is 0.125 e. The van der Waals surface area contributed by atoms with Crippen molar-refractivity contribution in [2.75, 3.05) is 0 Å². The number of aryl methyl sites for hydroxylation is 1. The molecule has 2 aromatic rings. The Labute approximate surface area is 112 Å². The van der Waals surface area contributed by atoms with Crippen molar-refractivity contribution in [2.45, 2.75) is 38.3 Å². The summed E-state index contributed by atoms with van der Waals surface area (Å²) in [4.78, 5) is 4.63. The molecular weight excluding hydrogens is 236 g/mol. The predicted octanol–water partition coefficient (Wildman–Crippen LogP) is 2.23. The second-order valence-corrected chi connectivity index (χ2v) is 5.38. The Morgan fingerprint density at radius 2 is 2.21 bits per heavy atom. The van der Waals surface area contributed by atoms with Crippen molar-refractivity contribution in [3.05, 3.63) is 30.1 Å². The molecule has 2 N–H and O–H groups in total. The number of para-hydroxylation sites is 2. The minimum atomic E-state index is -0.757. The van der Waals surface area contributed by atoms with Crippen LogP contribution < -0.4 is 5.73 Å². The molecule has 1 aromatic heterocycles. The molecule has 19 heavy (non-hydrogen) atoms. The highest BCUT2D eigenvalue weighted by Gasteiger charge is 2.43. The molecule has 4 nitrogen and oxygen atoms in total. The van der Waals surface area contributed by atoms with E-state index in [0.717, 1.165) is 36.1 Å². The minimum Gasteiger partial charge on any atom is -0.325 e. The van der Waals surface area contributed by atoms with E-state index in [-0.39, 0.29) is 0 Å². The smallest absolute Gasteiger partial charge is 0.125 e. The summed E-state index contributed by atoms with van der Waals surface area (Å²) in [5, 5.41) is 9.42. The second-order valence-electron chi connectivity index (χ2n) is 5.38. The molecule has 3 rings (SSSR count). The summed E-state index contributed by atoms with van der Waals surface area (Å²) in [6, 6.07) is 10.4. The van der Waals surface area contributed by atoms with Gasteiger partial charge in [0.05, 0.1) is 23.6 Å². The molecule has 1 fully saturated rings. The van der Waals surface area contributed by atoms with Crippen LogP contribution in [0.4, 0.5) is 0 Å². The molecule has 4 heteroatoms. The van der Waals surface area contributed by atoms with E-state index in [1.54, 1.807) is 0 Å². The Kier molecular flexibility index (Phi) is 2.79. The number of nitrogens with zero attached hydrogens (tertiary/aromatic N) is 3. The van der Waals surface area contributed by atoms with Crippen LogP contribution in [0.2, 0.25) is 0 Å². The number of hydrogen-bond donors (Lipinski definition) is 1. The van der Waals surface area contributed by atoms with Crippen molar-refractivity contribution >= 4 is 11.0 Å². The molecule has 1 unspecified atom stereocenters. The summed E-state index contributed by atoms with van der Waals surface area (Å²) >= 11 is 0. The molecule has 1 saturated carbocycles. The average molecular weight is 254 g/mol. The van der Waals surface area contributed by atoms with E-state index in [2.05, 4.69) is 22.5 Å². The van der Waals surface area contributed by atoms with Gasteiger partial charge in [-0.15, -0.1) is 0 Å². The van der Waals surface area contributed by atoms with Gasteiger partial charge in [-0.05, 0) is 30.9 Å². The fraction of sp³-hybridized carbons (Fsp3) is 0.467. The number of imidazole rings is 1. The first kappa shape index (κ1) is 12.2. The number of hydrogen-bond acceptors (Lipinski definition) is 3. The first-order chi connectivity index (χ1) is 9.18. The van der Waals surface area contributed by atoms with E-state index in [4.69, 9.17) is 5.73 Å². The van der Waals surface area contributed by atoms with E-state index in [1.165, 1.54) is 0 Å². The number of nitrogens with two attached hydrogens (primary N) is 1. The van der Waals surface area contributed by atoms with E-state index in [0.29, 0.717) is 12.5 Å². The predicted molar refractivity (Wildman–Crippen MR) is 74.4 cm³/mol. The quantitative estimate of drug-likeness (QED) is 0.909. The first-order valence-corrected chi connectivity index (χ1v) is 6.82. The normalized spacial score (nSPS) is 18.2. The van der Waals surface area contributed by atoms with Gasteiger partial charge in [0.15, 0.2) is 0 Å². The topological polar surface area (TPSA) is 67.6 Å². The zero-order chi connectivity index (χ0) is 13.5. The van der Waals surface area contributed by atoms with Crippen molar-refractivity contribution in [1.82, 2.24) is 9.55 Å². The Bertz CT molecular complexity index is 648.